The van der Waals surface area contributed by atoms with Crippen molar-refractivity contribution in [2.75, 3.05) is 6.61 Å². The maximum Gasteiger partial charge on any atom is 0.0876 e. The molecule has 3 heteroatoms. The Hall–Kier alpha value is -0.540. The molecule has 80 valence electrons. The van der Waals surface area contributed by atoms with Crippen LogP contribution in [0.5, 0.6) is 0 Å². The Morgan fingerprint density at radius 3 is 2.86 bits per heavy atom. The molecule has 0 radical (unpaired) electrons. The highest BCUT2D eigenvalue weighted by Crippen LogP contribution is 2.40. The van der Waals surface area contributed by atoms with Gasteiger partial charge in [0.15, 0.2) is 0 Å². The van der Waals surface area contributed by atoms with Crippen molar-refractivity contribution in [2.24, 2.45) is 17.7 Å². The van der Waals surface area contributed by atoms with E-state index in [9.17, 15) is 0 Å². The highest BCUT2D eigenvalue weighted by atomic mass is 16.5. The first kappa shape index (κ1) is 9.99. The number of hydrogen-bond acceptors (Lipinski definition) is 3. The van der Waals surface area contributed by atoms with Crippen molar-refractivity contribution in [2.45, 2.75) is 38.6 Å². The highest BCUT2D eigenvalue weighted by Gasteiger charge is 2.34. The van der Waals surface area contributed by atoms with Crippen LogP contribution in [0, 0.1) is 11.8 Å². The van der Waals surface area contributed by atoms with E-state index in [0.29, 0.717) is 12.0 Å². The van der Waals surface area contributed by atoms with Crippen LogP contribution in [0.2, 0.25) is 0 Å². The summed E-state index contributed by atoms with van der Waals surface area (Å²) in [4.78, 5) is 0. The molecule has 1 heterocycles. The first-order valence-corrected chi connectivity index (χ1v) is 5.59. The largest absolute Gasteiger partial charge is 0.501 e. The summed E-state index contributed by atoms with van der Waals surface area (Å²) in [5.41, 5.74) is 4.29. The van der Waals surface area contributed by atoms with Crippen molar-refractivity contribution < 1.29 is 4.74 Å². The SMILES string of the molecule is CC(C1CC1)C(NN)C1=COCCC1. The van der Waals surface area contributed by atoms with Crippen LogP contribution in [0.1, 0.15) is 32.6 Å². The van der Waals surface area contributed by atoms with Crippen LogP contribution >= 0.6 is 0 Å². The quantitative estimate of drug-likeness (QED) is 0.530. The molecule has 14 heavy (non-hydrogen) atoms. The third-order valence-electron chi connectivity index (χ3n) is 3.43. The molecule has 1 aliphatic carbocycles. The molecular formula is C11H20N2O. The molecule has 1 aliphatic heterocycles. The fraction of sp³-hybridized carbons (Fsp3) is 0.818. The standard InChI is InChI=1S/C11H20N2O/c1-8(9-4-5-9)11(13-12)10-3-2-6-14-7-10/h7-9,11,13H,2-6,12H2,1H3. The summed E-state index contributed by atoms with van der Waals surface area (Å²) in [5.74, 6) is 7.14. The van der Waals surface area contributed by atoms with Crippen LogP contribution in [0.15, 0.2) is 11.8 Å². The van der Waals surface area contributed by atoms with Crippen molar-refractivity contribution >= 4 is 0 Å². The minimum Gasteiger partial charge on any atom is -0.501 e. The average molecular weight is 196 g/mol. The molecule has 0 aromatic rings. The average Bonchev–Trinajstić information content (AvgIpc) is 3.03. The maximum absolute atomic E-state index is 5.62. The topological polar surface area (TPSA) is 47.3 Å². The molecule has 0 aromatic heterocycles. The van der Waals surface area contributed by atoms with E-state index < -0.39 is 0 Å². The Morgan fingerprint density at radius 2 is 2.36 bits per heavy atom. The summed E-state index contributed by atoms with van der Waals surface area (Å²) in [6.07, 6.45) is 6.90. The van der Waals surface area contributed by atoms with Crippen molar-refractivity contribution in [1.29, 1.82) is 0 Å². The number of hydrogen-bond donors (Lipinski definition) is 2. The molecule has 3 nitrogen and oxygen atoms in total. The Labute approximate surface area is 85.7 Å². The molecule has 2 rings (SSSR count). The van der Waals surface area contributed by atoms with Gasteiger partial charge >= 0.3 is 0 Å². The molecule has 0 aromatic carbocycles. The second-order valence-corrected chi connectivity index (χ2v) is 4.51. The van der Waals surface area contributed by atoms with Crippen LogP contribution in [0.4, 0.5) is 0 Å². The minimum absolute atomic E-state index is 0.322. The zero-order valence-corrected chi connectivity index (χ0v) is 8.83. The molecule has 0 amide bonds. The molecular weight excluding hydrogens is 176 g/mol. The van der Waals surface area contributed by atoms with Crippen molar-refractivity contribution in [3.63, 3.8) is 0 Å². The van der Waals surface area contributed by atoms with Crippen molar-refractivity contribution in [3.8, 4) is 0 Å². The van der Waals surface area contributed by atoms with Gasteiger partial charge in [0, 0.05) is 6.04 Å². The van der Waals surface area contributed by atoms with Crippen LogP contribution in [0.3, 0.4) is 0 Å². The molecule has 2 unspecified atom stereocenters. The number of ether oxygens (including phenoxy) is 1. The van der Waals surface area contributed by atoms with Gasteiger partial charge in [-0.1, -0.05) is 6.92 Å². The van der Waals surface area contributed by atoms with Gasteiger partial charge in [0.05, 0.1) is 12.9 Å². The van der Waals surface area contributed by atoms with Gasteiger partial charge in [0.25, 0.3) is 0 Å². The first-order chi connectivity index (χ1) is 6.83. The van der Waals surface area contributed by atoms with Gasteiger partial charge in [-0.05, 0) is 43.1 Å². The number of rotatable bonds is 4. The molecule has 3 N–H and O–H groups in total. The van der Waals surface area contributed by atoms with Crippen LogP contribution < -0.4 is 11.3 Å². The predicted molar refractivity (Wildman–Crippen MR) is 56.3 cm³/mol. The lowest BCUT2D eigenvalue weighted by Crippen LogP contribution is -2.42. The monoisotopic (exact) mass is 196 g/mol. The summed E-state index contributed by atoms with van der Waals surface area (Å²) in [6, 6.07) is 0.322. The van der Waals surface area contributed by atoms with E-state index in [1.807, 2.05) is 6.26 Å². The van der Waals surface area contributed by atoms with E-state index in [1.54, 1.807) is 0 Å². The fourth-order valence-electron chi connectivity index (χ4n) is 2.30. The Kier molecular flexibility index (Phi) is 3.08. The Morgan fingerprint density at radius 1 is 1.57 bits per heavy atom. The summed E-state index contributed by atoms with van der Waals surface area (Å²) in [6.45, 7) is 3.15. The zero-order valence-electron chi connectivity index (χ0n) is 8.83. The molecule has 0 spiro atoms. The smallest absolute Gasteiger partial charge is 0.0876 e. The van der Waals surface area contributed by atoms with E-state index in [0.717, 1.165) is 25.4 Å². The van der Waals surface area contributed by atoms with E-state index in [-0.39, 0.29) is 0 Å². The number of hydrazine groups is 1. The summed E-state index contributed by atoms with van der Waals surface area (Å²) in [7, 11) is 0. The van der Waals surface area contributed by atoms with Crippen LogP contribution in [-0.2, 0) is 4.74 Å². The highest BCUT2D eigenvalue weighted by molar-refractivity contribution is 5.12. The van der Waals surface area contributed by atoms with Gasteiger partial charge < -0.3 is 4.74 Å². The molecule has 1 fully saturated rings. The van der Waals surface area contributed by atoms with Crippen molar-refractivity contribution in [3.05, 3.63) is 11.8 Å². The van der Waals surface area contributed by atoms with Gasteiger partial charge in [-0.3, -0.25) is 11.3 Å². The molecule has 0 bridgehead atoms. The third kappa shape index (κ3) is 2.10. The van der Waals surface area contributed by atoms with Gasteiger partial charge in [0.1, 0.15) is 0 Å². The number of nitrogens with two attached hydrogens (primary N) is 1. The first-order valence-electron chi connectivity index (χ1n) is 5.59. The Bertz CT molecular complexity index is 223. The molecule has 2 aliphatic rings. The minimum atomic E-state index is 0.322. The van der Waals surface area contributed by atoms with E-state index in [4.69, 9.17) is 10.6 Å². The number of nitrogens with one attached hydrogen (secondary N) is 1. The third-order valence-corrected chi connectivity index (χ3v) is 3.43. The fourth-order valence-corrected chi connectivity index (χ4v) is 2.30. The van der Waals surface area contributed by atoms with Gasteiger partial charge in [-0.25, -0.2) is 0 Å². The zero-order chi connectivity index (χ0) is 9.97. The molecule has 2 atom stereocenters. The van der Waals surface area contributed by atoms with E-state index in [1.165, 1.54) is 18.4 Å². The Balaban J connectivity index is 1.99. The predicted octanol–water partition coefficient (Wildman–Crippen LogP) is 1.56. The lowest BCUT2D eigenvalue weighted by molar-refractivity contribution is 0.213. The lowest BCUT2D eigenvalue weighted by atomic mass is 9.89. The summed E-state index contributed by atoms with van der Waals surface area (Å²) >= 11 is 0. The normalized spacial score (nSPS) is 26.3. The van der Waals surface area contributed by atoms with Gasteiger partial charge in [0.2, 0.25) is 0 Å². The lowest BCUT2D eigenvalue weighted by Gasteiger charge is -2.27. The molecule has 0 saturated heterocycles. The summed E-state index contributed by atoms with van der Waals surface area (Å²) in [5, 5.41) is 0. The maximum atomic E-state index is 5.62. The van der Waals surface area contributed by atoms with Gasteiger partial charge in [-0.15, -0.1) is 0 Å². The second-order valence-electron chi connectivity index (χ2n) is 4.51. The summed E-state index contributed by atoms with van der Waals surface area (Å²) < 4.78 is 5.36. The van der Waals surface area contributed by atoms with Gasteiger partial charge in [-0.2, -0.15) is 0 Å². The van der Waals surface area contributed by atoms with Crippen LogP contribution in [-0.4, -0.2) is 12.6 Å². The van der Waals surface area contributed by atoms with Crippen molar-refractivity contribution in [1.82, 2.24) is 5.43 Å². The van der Waals surface area contributed by atoms with E-state index >= 15 is 0 Å². The molecule has 1 saturated carbocycles. The second kappa shape index (κ2) is 4.32. The van der Waals surface area contributed by atoms with E-state index in [2.05, 4.69) is 12.3 Å². The van der Waals surface area contributed by atoms with Crippen LogP contribution in [0.25, 0.3) is 0 Å².